The van der Waals surface area contributed by atoms with E-state index in [9.17, 15) is 9.59 Å². The van der Waals surface area contributed by atoms with Gasteiger partial charge in [0.05, 0.1) is 12.7 Å². The van der Waals surface area contributed by atoms with Gasteiger partial charge in [0.2, 0.25) is 5.91 Å². The number of ether oxygens (including phenoxy) is 1. The Morgan fingerprint density at radius 1 is 1.21 bits per heavy atom. The van der Waals surface area contributed by atoms with E-state index in [-0.39, 0.29) is 11.9 Å². The van der Waals surface area contributed by atoms with Gasteiger partial charge in [-0.15, -0.1) is 0 Å². The van der Waals surface area contributed by atoms with Crippen LogP contribution < -0.4 is 15.8 Å². The zero-order chi connectivity index (χ0) is 17.3. The molecule has 0 atom stereocenters. The Labute approximate surface area is 140 Å². The zero-order valence-corrected chi connectivity index (χ0v) is 13.8. The molecule has 124 valence electrons. The van der Waals surface area contributed by atoms with E-state index < -0.39 is 5.91 Å². The summed E-state index contributed by atoms with van der Waals surface area (Å²) in [7, 11) is 1.54. The summed E-state index contributed by atoms with van der Waals surface area (Å²) in [6, 6.07) is 10.9. The molecule has 1 saturated carbocycles. The average Bonchev–Trinajstić information content (AvgIpc) is 3.38. The first-order valence-corrected chi connectivity index (χ1v) is 7.90. The Morgan fingerprint density at radius 3 is 2.58 bits per heavy atom. The molecule has 24 heavy (non-hydrogen) atoms. The van der Waals surface area contributed by atoms with E-state index in [2.05, 4.69) is 5.32 Å². The molecule has 0 aromatic heterocycles. The second kappa shape index (κ2) is 6.35. The van der Waals surface area contributed by atoms with Crippen LogP contribution in [-0.4, -0.2) is 25.0 Å². The number of nitrogens with one attached hydrogen (secondary N) is 1. The fourth-order valence-corrected chi connectivity index (χ4v) is 2.71. The lowest BCUT2D eigenvalue weighted by Gasteiger charge is -2.15. The van der Waals surface area contributed by atoms with E-state index in [1.54, 1.807) is 37.4 Å². The van der Waals surface area contributed by atoms with Crippen LogP contribution in [0.25, 0.3) is 11.1 Å². The number of benzene rings is 2. The molecule has 0 unspecified atom stereocenters. The van der Waals surface area contributed by atoms with Gasteiger partial charge >= 0.3 is 0 Å². The summed E-state index contributed by atoms with van der Waals surface area (Å²) in [6.45, 7) is 1.93. The standard InChI is InChI=1S/C19H20N2O3/c1-11-6-7-12(19(23)21-13-8-9-13)10-15(11)17-14(18(20)22)4-3-5-16(17)24-2/h3-7,10,13H,8-9H2,1-2H3,(H2,20,22)(H,21,23). The molecule has 2 aromatic rings. The molecule has 0 heterocycles. The van der Waals surface area contributed by atoms with Crippen molar-refractivity contribution in [1.29, 1.82) is 0 Å². The number of nitrogens with two attached hydrogens (primary N) is 1. The van der Waals surface area contributed by atoms with Crippen molar-refractivity contribution in [3.8, 4) is 16.9 Å². The summed E-state index contributed by atoms with van der Waals surface area (Å²) in [4.78, 5) is 24.2. The van der Waals surface area contributed by atoms with Gasteiger partial charge in [-0.25, -0.2) is 0 Å². The highest BCUT2D eigenvalue weighted by Gasteiger charge is 2.24. The first-order chi connectivity index (χ1) is 11.5. The minimum Gasteiger partial charge on any atom is -0.496 e. The SMILES string of the molecule is COc1cccc(C(N)=O)c1-c1cc(C(=O)NC2CC2)ccc1C. The normalized spacial score (nSPS) is 13.4. The molecule has 0 radical (unpaired) electrons. The van der Waals surface area contributed by atoms with Crippen molar-refractivity contribution in [2.24, 2.45) is 5.73 Å². The Bertz CT molecular complexity index is 810. The van der Waals surface area contributed by atoms with Crippen LogP contribution in [0.4, 0.5) is 0 Å². The van der Waals surface area contributed by atoms with E-state index in [0.29, 0.717) is 22.4 Å². The minimum absolute atomic E-state index is 0.103. The highest BCUT2D eigenvalue weighted by atomic mass is 16.5. The Morgan fingerprint density at radius 2 is 1.96 bits per heavy atom. The predicted molar refractivity (Wildman–Crippen MR) is 92.2 cm³/mol. The van der Waals surface area contributed by atoms with Crippen LogP contribution in [0, 0.1) is 6.92 Å². The highest BCUT2D eigenvalue weighted by molar-refractivity contribution is 6.03. The average molecular weight is 324 g/mol. The topological polar surface area (TPSA) is 81.4 Å². The number of methoxy groups -OCH3 is 1. The van der Waals surface area contributed by atoms with Gasteiger partial charge in [0, 0.05) is 17.2 Å². The van der Waals surface area contributed by atoms with Crippen LogP contribution in [0.15, 0.2) is 36.4 Å². The lowest BCUT2D eigenvalue weighted by molar-refractivity contribution is 0.0950. The second-order valence-electron chi connectivity index (χ2n) is 6.02. The maximum absolute atomic E-state index is 12.3. The third-order valence-corrected chi connectivity index (χ3v) is 4.19. The van der Waals surface area contributed by atoms with E-state index >= 15 is 0 Å². The van der Waals surface area contributed by atoms with Gasteiger partial charge in [0.25, 0.3) is 5.91 Å². The van der Waals surface area contributed by atoms with Crippen LogP contribution >= 0.6 is 0 Å². The van der Waals surface area contributed by atoms with Crippen molar-refractivity contribution < 1.29 is 14.3 Å². The van der Waals surface area contributed by atoms with Gasteiger partial charge in [-0.05, 0) is 55.2 Å². The number of hydrogen-bond acceptors (Lipinski definition) is 3. The molecule has 1 fully saturated rings. The molecule has 1 aliphatic carbocycles. The number of rotatable bonds is 5. The third kappa shape index (κ3) is 3.11. The first kappa shape index (κ1) is 16.1. The Balaban J connectivity index is 2.11. The van der Waals surface area contributed by atoms with Crippen molar-refractivity contribution in [2.45, 2.75) is 25.8 Å². The molecule has 3 rings (SSSR count). The number of carbonyl (C=O) groups excluding carboxylic acids is 2. The van der Waals surface area contributed by atoms with E-state index in [0.717, 1.165) is 24.0 Å². The molecule has 1 aliphatic rings. The lowest BCUT2D eigenvalue weighted by atomic mass is 9.93. The Kier molecular flexibility index (Phi) is 4.25. The largest absolute Gasteiger partial charge is 0.496 e. The van der Waals surface area contributed by atoms with Crippen LogP contribution in [0.5, 0.6) is 5.75 Å². The number of carbonyl (C=O) groups is 2. The minimum atomic E-state index is -0.531. The van der Waals surface area contributed by atoms with Crippen LogP contribution in [0.3, 0.4) is 0 Å². The van der Waals surface area contributed by atoms with Gasteiger partial charge in [0.1, 0.15) is 5.75 Å². The smallest absolute Gasteiger partial charge is 0.251 e. The highest BCUT2D eigenvalue weighted by Crippen LogP contribution is 2.36. The molecule has 2 amide bonds. The molecular weight excluding hydrogens is 304 g/mol. The van der Waals surface area contributed by atoms with Crippen LogP contribution in [0.1, 0.15) is 39.1 Å². The molecular formula is C19H20N2O3. The summed E-state index contributed by atoms with van der Waals surface area (Å²) in [6.07, 6.45) is 2.06. The summed E-state index contributed by atoms with van der Waals surface area (Å²) < 4.78 is 5.41. The number of hydrogen-bond donors (Lipinski definition) is 2. The predicted octanol–water partition coefficient (Wildman–Crippen LogP) is 2.66. The second-order valence-corrected chi connectivity index (χ2v) is 6.02. The fraction of sp³-hybridized carbons (Fsp3) is 0.263. The first-order valence-electron chi connectivity index (χ1n) is 7.90. The van der Waals surface area contributed by atoms with Crippen LogP contribution in [0.2, 0.25) is 0 Å². The number of aryl methyl sites for hydroxylation is 1. The molecule has 5 heteroatoms. The van der Waals surface area contributed by atoms with Gasteiger partial charge in [-0.3, -0.25) is 9.59 Å². The van der Waals surface area contributed by atoms with E-state index in [4.69, 9.17) is 10.5 Å². The maximum Gasteiger partial charge on any atom is 0.251 e. The van der Waals surface area contributed by atoms with Gasteiger partial charge in [-0.2, -0.15) is 0 Å². The summed E-state index contributed by atoms with van der Waals surface area (Å²) in [5, 5.41) is 2.97. The molecule has 2 aromatic carbocycles. The summed E-state index contributed by atoms with van der Waals surface area (Å²) in [5.41, 5.74) is 8.78. The fourth-order valence-electron chi connectivity index (χ4n) is 2.71. The van der Waals surface area contributed by atoms with Crippen molar-refractivity contribution >= 4 is 11.8 Å². The molecule has 3 N–H and O–H groups in total. The van der Waals surface area contributed by atoms with Crippen LogP contribution in [-0.2, 0) is 0 Å². The monoisotopic (exact) mass is 324 g/mol. The third-order valence-electron chi connectivity index (χ3n) is 4.19. The van der Waals surface area contributed by atoms with Gasteiger partial charge in [-0.1, -0.05) is 12.1 Å². The van der Waals surface area contributed by atoms with Crippen molar-refractivity contribution in [3.05, 3.63) is 53.1 Å². The number of amides is 2. The van der Waals surface area contributed by atoms with Gasteiger partial charge in [0.15, 0.2) is 0 Å². The zero-order valence-electron chi connectivity index (χ0n) is 13.8. The van der Waals surface area contributed by atoms with Crippen molar-refractivity contribution in [1.82, 2.24) is 5.32 Å². The quantitative estimate of drug-likeness (QED) is 0.887. The van der Waals surface area contributed by atoms with Gasteiger partial charge < -0.3 is 15.8 Å². The molecule has 0 bridgehead atoms. The Hall–Kier alpha value is -2.82. The summed E-state index contributed by atoms with van der Waals surface area (Å²) >= 11 is 0. The molecule has 5 nitrogen and oxygen atoms in total. The lowest BCUT2D eigenvalue weighted by Crippen LogP contribution is -2.25. The molecule has 0 saturated heterocycles. The van der Waals surface area contributed by atoms with E-state index in [1.165, 1.54) is 0 Å². The van der Waals surface area contributed by atoms with Crippen molar-refractivity contribution in [2.75, 3.05) is 7.11 Å². The van der Waals surface area contributed by atoms with Crippen molar-refractivity contribution in [3.63, 3.8) is 0 Å². The molecule has 0 aliphatic heterocycles. The maximum atomic E-state index is 12.3. The summed E-state index contributed by atoms with van der Waals surface area (Å²) in [5.74, 6) is -0.0837. The number of primary amides is 1. The molecule has 0 spiro atoms. The van der Waals surface area contributed by atoms with E-state index in [1.807, 2.05) is 13.0 Å².